The summed E-state index contributed by atoms with van der Waals surface area (Å²) in [6.45, 7) is 0. The summed E-state index contributed by atoms with van der Waals surface area (Å²) < 4.78 is 9.39. The Morgan fingerprint density at radius 2 is 1.31 bits per heavy atom. The molecular weight excluding hydrogens is 390 g/mol. The van der Waals surface area contributed by atoms with Crippen molar-refractivity contribution in [1.82, 2.24) is 4.57 Å². The second-order valence-corrected chi connectivity index (χ2v) is 9.11. The summed E-state index contributed by atoms with van der Waals surface area (Å²) in [6, 6.07) is 33.1. The minimum absolute atomic E-state index is 0.0955. The molecule has 1 saturated carbocycles. The van der Waals surface area contributed by atoms with Crippen LogP contribution in [0.1, 0.15) is 61.9 Å². The standard InChI is InChI=1S/C30H29NO/c1-2-10-18-24(17-9-1)31-27(22-13-5-3-6-14-22)21-26-25-19-11-12-20-28(25)32-30(29(26)31)23-15-7-4-8-16-23/h3-8,11-16,19-21,24,30H,1-2,9-10,17-18H2. The molecule has 0 saturated heterocycles. The fourth-order valence-corrected chi connectivity index (χ4v) is 5.59. The van der Waals surface area contributed by atoms with E-state index in [1.54, 1.807) is 0 Å². The van der Waals surface area contributed by atoms with Crippen LogP contribution in [0, 0.1) is 0 Å². The van der Waals surface area contributed by atoms with E-state index in [1.807, 2.05) is 0 Å². The number of fused-ring (bicyclic) bond motifs is 3. The van der Waals surface area contributed by atoms with Gasteiger partial charge in [0.05, 0.1) is 5.69 Å². The maximum atomic E-state index is 6.74. The van der Waals surface area contributed by atoms with Crippen molar-refractivity contribution in [3.05, 3.63) is 102 Å². The molecule has 0 N–H and O–H groups in total. The number of hydrogen-bond acceptors (Lipinski definition) is 1. The van der Waals surface area contributed by atoms with E-state index in [1.165, 1.54) is 72.2 Å². The number of rotatable bonds is 3. The van der Waals surface area contributed by atoms with Crippen LogP contribution in [0.3, 0.4) is 0 Å². The molecule has 3 aromatic carbocycles. The quantitative estimate of drug-likeness (QED) is 0.305. The second-order valence-electron chi connectivity index (χ2n) is 9.11. The summed E-state index contributed by atoms with van der Waals surface area (Å²) in [6.07, 6.45) is 7.69. The molecule has 1 aliphatic carbocycles. The predicted octanol–water partition coefficient (Wildman–Crippen LogP) is 8.20. The fourth-order valence-electron chi connectivity index (χ4n) is 5.59. The molecule has 2 heteroatoms. The van der Waals surface area contributed by atoms with Gasteiger partial charge >= 0.3 is 0 Å². The Balaban J connectivity index is 1.63. The molecule has 0 radical (unpaired) electrons. The summed E-state index contributed by atoms with van der Waals surface area (Å²) >= 11 is 0. The van der Waals surface area contributed by atoms with Crippen LogP contribution in [0.25, 0.3) is 22.4 Å². The van der Waals surface area contributed by atoms with E-state index < -0.39 is 0 Å². The van der Waals surface area contributed by atoms with Crippen LogP contribution in [0.5, 0.6) is 5.75 Å². The Labute approximate surface area is 190 Å². The van der Waals surface area contributed by atoms with Gasteiger partial charge in [-0.15, -0.1) is 0 Å². The Morgan fingerprint density at radius 3 is 2.06 bits per heavy atom. The van der Waals surface area contributed by atoms with Gasteiger partial charge in [-0.3, -0.25) is 0 Å². The van der Waals surface area contributed by atoms with Gasteiger partial charge in [-0.1, -0.05) is 105 Å². The summed E-state index contributed by atoms with van der Waals surface area (Å²) in [4.78, 5) is 0. The lowest BCUT2D eigenvalue weighted by Gasteiger charge is -2.32. The van der Waals surface area contributed by atoms with Crippen molar-refractivity contribution in [2.45, 2.75) is 50.7 Å². The van der Waals surface area contributed by atoms with Crippen LogP contribution < -0.4 is 4.74 Å². The predicted molar refractivity (Wildman–Crippen MR) is 131 cm³/mol. The first-order valence-corrected chi connectivity index (χ1v) is 12.0. The number of ether oxygens (including phenoxy) is 1. The summed E-state index contributed by atoms with van der Waals surface area (Å²) in [5.74, 6) is 0.978. The fraction of sp³-hybridized carbons (Fsp3) is 0.267. The van der Waals surface area contributed by atoms with Gasteiger partial charge in [0.15, 0.2) is 6.10 Å². The summed E-state index contributed by atoms with van der Waals surface area (Å²) in [7, 11) is 0. The third kappa shape index (κ3) is 3.35. The van der Waals surface area contributed by atoms with E-state index in [0.717, 1.165) is 5.75 Å². The number of benzene rings is 3. The van der Waals surface area contributed by atoms with Gasteiger partial charge in [0.1, 0.15) is 5.75 Å². The van der Waals surface area contributed by atoms with Gasteiger partial charge in [0.25, 0.3) is 0 Å². The van der Waals surface area contributed by atoms with Gasteiger partial charge < -0.3 is 9.30 Å². The van der Waals surface area contributed by atoms with E-state index >= 15 is 0 Å². The lowest BCUT2D eigenvalue weighted by Crippen LogP contribution is -2.22. The summed E-state index contributed by atoms with van der Waals surface area (Å²) in [5, 5.41) is 0. The van der Waals surface area contributed by atoms with Crippen molar-refractivity contribution >= 4 is 0 Å². The first kappa shape index (κ1) is 19.4. The molecule has 0 bridgehead atoms. The van der Waals surface area contributed by atoms with Crippen LogP contribution >= 0.6 is 0 Å². The molecule has 0 amide bonds. The maximum absolute atomic E-state index is 6.74. The number of para-hydroxylation sites is 1. The molecule has 1 unspecified atom stereocenters. The Kier molecular flexibility index (Phi) is 5.07. The zero-order valence-corrected chi connectivity index (χ0v) is 18.4. The third-order valence-electron chi connectivity index (χ3n) is 7.11. The highest BCUT2D eigenvalue weighted by atomic mass is 16.5. The molecule has 0 spiro atoms. The molecule has 4 aromatic rings. The zero-order chi connectivity index (χ0) is 21.3. The average Bonchev–Trinajstić information content (AvgIpc) is 3.06. The normalized spacial score (nSPS) is 18.3. The molecule has 6 rings (SSSR count). The van der Waals surface area contributed by atoms with Crippen molar-refractivity contribution in [2.24, 2.45) is 0 Å². The first-order chi connectivity index (χ1) is 15.9. The van der Waals surface area contributed by atoms with Crippen molar-refractivity contribution in [1.29, 1.82) is 0 Å². The SMILES string of the molecule is c1ccc(-c2cc3c(n2C2CCCCCC2)C(c2ccccc2)Oc2ccccc2-3)cc1. The minimum Gasteiger partial charge on any atom is -0.479 e. The van der Waals surface area contributed by atoms with Crippen LogP contribution in [0.2, 0.25) is 0 Å². The van der Waals surface area contributed by atoms with Crippen LogP contribution in [0.4, 0.5) is 0 Å². The molecule has 1 aliphatic heterocycles. The first-order valence-electron chi connectivity index (χ1n) is 12.0. The average molecular weight is 420 g/mol. The lowest BCUT2D eigenvalue weighted by molar-refractivity contribution is 0.227. The highest BCUT2D eigenvalue weighted by molar-refractivity contribution is 5.81. The zero-order valence-electron chi connectivity index (χ0n) is 18.4. The molecule has 2 nitrogen and oxygen atoms in total. The van der Waals surface area contributed by atoms with Crippen molar-refractivity contribution in [3.63, 3.8) is 0 Å². The smallest absolute Gasteiger partial charge is 0.164 e. The number of hydrogen-bond donors (Lipinski definition) is 0. The maximum Gasteiger partial charge on any atom is 0.164 e. The van der Waals surface area contributed by atoms with E-state index in [2.05, 4.69) is 95.6 Å². The van der Waals surface area contributed by atoms with E-state index in [-0.39, 0.29) is 6.10 Å². The topological polar surface area (TPSA) is 14.2 Å². The van der Waals surface area contributed by atoms with Gasteiger partial charge in [-0.05, 0) is 36.1 Å². The molecule has 1 atom stereocenters. The second kappa shape index (κ2) is 8.35. The Bertz CT molecular complexity index is 1200. The van der Waals surface area contributed by atoms with Crippen molar-refractivity contribution < 1.29 is 4.74 Å². The Morgan fingerprint density at radius 1 is 0.656 bits per heavy atom. The largest absolute Gasteiger partial charge is 0.479 e. The number of nitrogens with zero attached hydrogens (tertiary/aromatic N) is 1. The molecular formula is C30H29NO. The van der Waals surface area contributed by atoms with Crippen LogP contribution in [0.15, 0.2) is 91.0 Å². The van der Waals surface area contributed by atoms with E-state index in [0.29, 0.717) is 6.04 Å². The molecule has 160 valence electrons. The molecule has 2 heterocycles. The van der Waals surface area contributed by atoms with Crippen molar-refractivity contribution in [3.8, 4) is 28.1 Å². The lowest BCUT2D eigenvalue weighted by atomic mass is 9.94. The molecule has 32 heavy (non-hydrogen) atoms. The summed E-state index contributed by atoms with van der Waals surface area (Å²) in [5.41, 5.74) is 7.68. The van der Waals surface area contributed by atoms with Gasteiger partial charge in [0, 0.05) is 22.9 Å². The van der Waals surface area contributed by atoms with E-state index in [9.17, 15) is 0 Å². The highest BCUT2D eigenvalue weighted by Crippen LogP contribution is 2.49. The third-order valence-corrected chi connectivity index (χ3v) is 7.11. The molecule has 1 fully saturated rings. The molecule has 2 aliphatic rings. The van der Waals surface area contributed by atoms with Gasteiger partial charge in [-0.25, -0.2) is 0 Å². The minimum atomic E-state index is -0.0955. The van der Waals surface area contributed by atoms with Gasteiger partial charge in [0.2, 0.25) is 0 Å². The monoisotopic (exact) mass is 419 g/mol. The van der Waals surface area contributed by atoms with Crippen molar-refractivity contribution in [2.75, 3.05) is 0 Å². The Hall–Kier alpha value is -3.26. The van der Waals surface area contributed by atoms with Crippen LogP contribution in [-0.2, 0) is 0 Å². The highest BCUT2D eigenvalue weighted by Gasteiger charge is 2.34. The van der Waals surface area contributed by atoms with Crippen LogP contribution in [-0.4, -0.2) is 4.57 Å². The molecule has 1 aromatic heterocycles. The number of aromatic nitrogens is 1. The van der Waals surface area contributed by atoms with Gasteiger partial charge in [-0.2, -0.15) is 0 Å². The van der Waals surface area contributed by atoms with E-state index in [4.69, 9.17) is 4.74 Å².